The summed E-state index contributed by atoms with van der Waals surface area (Å²) in [7, 11) is 0. The number of ether oxygens (including phenoxy) is 2. The molecule has 131 heavy (non-hydrogen) atoms. The Morgan fingerprint density at radius 2 is 0.947 bits per heavy atom. The van der Waals surface area contributed by atoms with Gasteiger partial charge in [-0.1, -0.05) is 138 Å². The van der Waals surface area contributed by atoms with Crippen molar-refractivity contribution in [2.24, 2.45) is 27.4 Å². The normalized spacial score (nSPS) is 20.0. The van der Waals surface area contributed by atoms with Gasteiger partial charge in [-0.25, -0.2) is 38.7 Å². The third kappa shape index (κ3) is 26.5. The van der Waals surface area contributed by atoms with Crippen molar-refractivity contribution in [3.63, 3.8) is 0 Å². The Hall–Kier alpha value is -11.0. The van der Waals surface area contributed by atoms with E-state index in [1.165, 1.54) is 56.7 Å². The Morgan fingerprint density at radius 1 is 0.542 bits per heavy atom. The second-order valence-electron chi connectivity index (χ2n) is 35.3. The fourth-order valence-corrected chi connectivity index (χ4v) is 19.4. The Morgan fingerprint density at radius 3 is 1.33 bits per heavy atom. The summed E-state index contributed by atoms with van der Waals surface area (Å²) in [6, 6.07) is 32.4. The lowest BCUT2D eigenvalue weighted by atomic mass is 9.69. The molecule has 6 aromatic heterocycles. The van der Waals surface area contributed by atoms with Crippen molar-refractivity contribution in [3.05, 3.63) is 211 Å². The minimum Gasteiger partial charge on any atom is -0.487 e. The number of aryl methyl sites for hydroxylation is 2. The lowest BCUT2D eigenvalue weighted by Crippen LogP contribution is -2.58. The molecule has 10 aromatic rings. The summed E-state index contributed by atoms with van der Waals surface area (Å²) < 4.78 is 40.7. The number of rotatable bonds is 31. The van der Waals surface area contributed by atoms with E-state index in [9.17, 15) is 62.5 Å². The second-order valence-corrected chi connectivity index (χ2v) is 39.7. The van der Waals surface area contributed by atoms with Gasteiger partial charge < -0.3 is 77.5 Å². The van der Waals surface area contributed by atoms with Crippen LogP contribution in [0.3, 0.4) is 0 Å². The molecule has 2 saturated carbocycles. The molecule has 4 aromatic carbocycles. The highest BCUT2D eigenvalue weighted by Crippen LogP contribution is 2.44. The van der Waals surface area contributed by atoms with Crippen LogP contribution in [0, 0.1) is 47.1 Å². The summed E-state index contributed by atoms with van der Waals surface area (Å²) in [5.41, 5.74) is 13.1. The molecule has 6 atom stereocenters. The van der Waals surface area contributed by atoms with Crippen LogP contribution in [0.5, 0.6) is 11.5 Å². The largest absolute Gasteiger partial charge is 0.487 e. The van der Waals surface area contributed by atoms with Gasteiger partial charge in [0.15, 0.2) is 33.4 Å². The number of β-amino-alcohol motifs (C(OH)–C–C–N with tert-alkyl or cyclic N) is 2. The molecule has 8 heterocycles. The van der Waals surface area contributed by atoms with Crippen molar-refractivity contribution in [3.8, 4) is 32.4 Å². The molecular formula is C94H110Cl2F2N16O13S4. The number of amides is 7. The van der Waals surface area contributed by atoms with Crippen LogP contribution >= 0.6 is 68.5 Å². The number of benzene rings is 4. The van der Waals surface area contributed by atoms with Crippen LogP contribution in [0.4, 0.5) is 30.7 Å². The minimum absolute atomic E-state index is 0.00510. The third-order valence-corrected chi connectivity index (χ3v) is 27.5. The standard InChI is InChI=1S/C47H54ClFN8O6S2.C25H35N5O4S.C22H21ClFN3O3S/c1-28-40(65-27-53-28)30-13-11-29(12-14-30)25-52-42(60)35-23-32(58)26-57(35)43(61)41(46(2,3)4)56-38(59)17-20-50-44(62)47(24-31-7-5-10-37(54-31)55-45-51-21-22-64-45)18-15-33(16-19-47)63-36-9-6-8-34(48)39(36)49;1-15-21(35-14-28-15)17-7-5-16(6-8-17)12-27-23(33)19-11-18(31)13-30(19)24(34)22(25(2,3)4)29-20(32)9-10-26;23-16-4-2-5-17(19(16)24)30-15-7-9-22(10-8-15,20(28)29)13-14-3-1-6-18(26-14)27-21-25-11-12-31-21/h5-14,21-22,27,32-33,35,41,58H,15-20,23-26H2,1-4H3,(H,50,62)(H,52,60)(H,56,59)(H,51,54,55);5-8,14,18-19,22,31H,9-13,26H2,1-4H3,(H,27,33)(H,29,32);1-6,11-12,15H,7-10,13H2,(H,28,29)(H,25,26,27)/t32-,33?,35+,41-,47?;18-,19+,22-;/m11./s1. The van der Waals surface area contributed by atoms with Gasteiger partial charge >= 0.3 is 5.97 Å². The van der Waals surface area contributed by atoms with Crippen LogP contribution in [0.1, 0.15) is 152 Å². The maximum atomic E-state index is 14.7. The zero-order chi connectivity index (χ0) is 93.9. The van der Waals surface area contributed by atoms with E-state index in [2.05, 4.69) is 62.1 Å². The molecular weight excluding hydrogens is 1800 g/mol. The number of anilines is 4. The Bertz CT molecular complexity index is 5570. The first-order valence-corrected chi connectivity index (χ1v) is 47.6. The molecule has 14 rings (SSSR count). The summed E-state index contributed by atoms with van der Waals surface area (Å²) in [5.74, 6) is -3.35. The number of carboxylic acids is 1. The van der Waals surface area contributed by atoms with E-state index >= 15 is 0 Å². The molecule has 2 saturated heterocycles. The number of carbonyl (C=O) groups is 8. The van der Waals surface area contributed by atoms with Crippen LogP contribution in [-0.4, -0.2) is 177 Å². The highest BCUT2D eigenvalue weighted by atomic mass is 35.5. The smallest absolute Gasteiger partial charge is 0.310 e. The van der Waals surface area contributed by atoms with Gasteiger partial charge in [0.2, 0.25) is 41.4 Å². The number of carbonyl (C=O) groups excluding carboxylic acids is 7. The molecule has 0 radical (unpaired) electrons. The Balaban J connectivity index is 0.000000197. The number of aliphatic hydroxyl groups excluding tert-OH is 2. The zero-order valence-electron chi connectivity index (χ0n) is 74.0. The summed E-state index contributed by atoms with van der Waals surface area (Å²) in [4.78, 5) is 138. The number of thiazole rings is 4. The van der Waals surface area contributed by atoms with Gasteiger partial charge in [0.05, 0.1) is 77.5 Å². The lowest BCUT2D eigenvalue weighted by molar-refractivity contribution is -0.152. The van der Waals surface area contributed by atoms with Crippen molar-refractivity contribution < 1.29 is 71.9 Å². The number of aliphatic hydroxyl groups is 2. The van der Waals surface area contributed by atoms with Gasteiger partial charge in [-0.05, 0) is 147 Å². The third-order valence-electron chi connectivity index (χ3n) is 23.6. The number of carboxylic acid groups (broad SMARTS) is 1. The first kappa shape index (κ1) is 99.0. The molecule has 12 N–H and O–H groups in total. The summed E-state index contributed by atoms with van der Waals surface area (Å²) in [6.45, 7) is 15.6. The molecule has 2 aliphatic heterocycles. The average Bonchev–Trinajstić information content (AvgIpc) is 1.75. The van der Waals surface area contributed by atoms with E-state index in [0.29, 0.717) is 98.9 Å². The van der Waals surface area contributed by atoms with Gasteiger partial charge in [0, 0.05) is 112 Å². The monoisotopic (exact) mass is 1910 g/mol. The van der Waals surface area contributed by atoms with Crippen molar-refractivity contribution in [2.75, 3.05) is 36.8 Å². The fourth-order valence-electron chi connectivity index (χ4n) is 16.4. The first-order valence-electron chi connectivity index (χ1n) is 43.3. The van der Waals surface area contributed by atoms with Crippen molar-refractivity contribution in [1.29, 1.82) is 0 Å². The van der Waals surface area contributed by atoms with Gasteiger partial charge in [-0.2, -0.15) is 0 Å². The molecule has 696 valence electrons. The molecule has 0 spiro atoms. The van der Waals surface area contributed by atoms with Gasteiger partial charge in [-0.15, -0.1) is 45.3 Å². The van der Waals surface area contributed by atoms with Gasteiger partial charge in [0.1, 0.15) is 35.8 Å². The molecule has 4 fully saturated rings. The Labute approximate surface area is 785 Å². The van der Waals surface area contributed by atoms with E-state index in [-0.39, 0.29) is 116 Å². The van der Waals surface area contributed by atoms with Crippen LogP contribution in [-0.2, 0) is 64.3 Å². The van der Waals surface area contributed by atoms with E-state index in [4.69, 9.17) is 43.4 Å². The van der Waals surface area contributed by atoms with Crippen LogP contribution < -0.4 is 52.4 Å². The molecule has 0 unspecified atom stereocenters. The number of likely N-dealkylation sites (tertiary alicyclic amines) is 2. The predicted molar refractivity (Wildman–Crippen MR) is 502 cm³/mol. The number of nitrogens with zero attached hydrogens (tertiary/aromatic N) is 8. The number of pyridine rings is 2. The summed E-state index contributed by atoms with van der Waals surface area (Å²) in [6.07, 6.45) is 5.43. The molecule has 2 aliphatic carbocycles. The van der Waals surface area contributed by atoms with E-state index in [1.54, 1.807) is 52.7 Å². The number of hydrogen-bond donors (Lipinski definition) is 11. The Kier molecular flexibility index (Phi) is 34.0. The van der Waals surface area contributed by atoms with Gasteiger partial charge in [-0.3, -0.25) is 38.4 Å². The lowest BCUT2D eigenvalue weighted by Gasteiger charge is -2.39. The first-order chi connectivity index (χ1) is 62.5. The second kappa shape index (κ2) is 44.9. The highest BCUT2D eigenvalue weighted by molar-refractivity contribution is 7.14. The fraction of sp³-hybridized carbons (Fsp3) is 0.426. The van der Waals surface area contributed by atoms with Crippen LogP contribution in [0.15, 0.2) is 156 Å². The maximum Gasteiger partial charge on any atom is 0.310 e. The highest BCUT2D eigenvalue weighted by Gasteiger charge is 2.49. The SMILES string of the molecule is Cc1ncsc1-c1ccc(CNC(=O)[C@@H]2C[C@@H](O)CN2C(=O)[C@@H](NC(=O)CCN)C(C)(C)C)cc1.Cc1ncsc1-c1ccc(CNC(=O)[C@@H]2C[C@@H](O)CN2C(=O)[C@@H](NC(=O)CCNC(=O)C2(Cc3cccc(Nc4nccs4)n3)CCC(Oc3cccc(Cl)c3F)CC2)C(C)(C)C)cc1.O=C(O)C1(Cc2cccc(Nc3nccs3)n2)CCC(Oc2cccc(Cl)c2F)CC1. The predicted octanol–water partition coefficient (Wildman–Crippen LogP) is 14.7. The molecule has 37 heteroatoms. The molecule has 4 aliphatic rings. The number of aliphatic carboxylic acids is 1. The van der Waals surface area contributed by atoms with E-state index < -0.39 is 93.4 Å². The van der Waals surface area contributed by atoms with Crippen LogP contribution in [0.2, 0.25) is 10.0 Å². The molecule has 29 nitrogen and oxygen atoms in total. The number of nitrogens with two attached hydrogens (primary N) is 1. The van der Waals surface area contributed by atoms with Crippen LogP contribution in [0.25, 0.3) is 20.9 Å². The summed E-state index contributed by atoms with van der Waals surface area (Å²) in [5, 5.41) is 56.8. The van der Waals surface area contributed by atoms with E-state index in [0.717, 1.165) is 48.5 Å². The molecule has 0 bridgehead atoms. The number of hydrogen-bond acceptors (Lipinski definition) is 25. The molecule has 7 amide bonds. The summed E-state index contributed by atoms with van der Waals surface area (Å²) >= 11 is 17.9. The van der Waals surface area contributed by atoms with Gasteiger partial charge in [0.25, 0.3) is 0 Å². The number of aromatic nitrogens is 6. The number of nitrogens with one attached hydrogen (secondary N) is 7. The number of halogens is 4. The van der Waals surface area contributed by atoms with Crippen molar-refractivity contribution in [2.45, 2.75) is 207 Å². The average molecular weight is 1910 g/mol. The van der Waals surface area contributed by atoms with E-state index in [1.807, 2.05) is 157 Å². The topological polar surface area (TPSA) is 410 Å². The maximum absolute atomic E-state index is 14.7. The van der Waals surface area contributed by atoms with Crippen molar-refractivity contribution in [1.82, 2.24) is 66.3 Å². The minimum atomic E-state index is -1.03. The quantitative estimate of drug-likeness (QED) is 0.0192. The zero-order valence-corrected chi connectivity index (χ0v) is 78.8. The van der Waals surface area contributed by atoms with Crippen molar-refractivity contribution >= 4 is 138 Å².